The summed E-state index contributed by atoms with van der Waals surface area (Å²) in [5, 5.41) is 0.413. The first-order chi connectivity index (χ1) is 15.0. The summed E-state index contributed by atoms with van der Waals surface area (Å²) in [7, 11) is 1.59. The highest BCUT2D eigenvalue weighted by Gasteiger charge is 2.15. The molecule has 0 bridgehead atoms. The van der Waals surface area contributed by atoms with Gasteiger partial charge in [0.1, 0.15) is 22.8 Å². The Labute approximate surface area is 179 Å². The molecule has 0 radical (unpaired) electrons. The average Bonchev–Trinajstić information content (AvgIpc) is 2.78. The third-order valence-electron chi connectivity index (χ3n) is 4.85. The summed E-state index contributed by atoms with van der Waals surface area (Å²) in [5.41, 5.74) is 2.34. The van der Waals surface area contributed by atoms with E-state index in [2.05, 4.69) is 0 Å². The molecule has 0 saturated carbocycles. The zero-order valence-electron chi connectivity index (χ0n) is 17.1. The molecule has 5 heteroatoms. The van der Waals surface area contributed by atoms with Gasteiger partial charge in [0.15, 0.2) is 0 Å². The third-order valence-corrected chi connectivity index (χ3v) is 4.85. The summed E-state index contributed by atoms with van der Waals surface area (Å²) in [6.45, 7) is 1.74. The Morgan fingerprint density at radius 2 is 1.65 bits per heavy atom. The molecule has 1 heterocycles. The van der Waals surface area contributed by atoms with E-state index in [1.54, 1.807) is 50.4 Å². The van der Waals surface area contributed by atoms with Crippen molar-refractivity contribution < 1.29 is 18.7 Å². The van der Waals surface area contributed by atoms with E-state index in [9.17, 15) is 9.59 Å². The van der Waals surface area contributed by atoms with Gasteiger partial charge in [-0.25, -0.2) is 4.79 Å². The monoisotopic (exact) mass is 412 g/mol. The van der Waals surface area contributed by atoms with Crippen molar-refractivity contribution in [3.63, 3.8) is 0 Å². The van der Waals surface area contributed by atoms with Crippen LogP contribution >= 0.6 is 0 Å². The Morgan fingerprint density at radius 1 is 0.935 bits per heavy atom. The van der Waals surface area contributed by atoms with E-state index in [4.69, 9.17) is 13.9 Å². The van der Waals surface area contributed by atoms with Gasteiger partial charge in [0, 0.05) is 12.1 Å². The zero-order chi connectivity index (χ0) is 21.8. The number of esters is 1. The smallest absolute Gasteiger partial charge is 0.336 e. The van der Waals surface area contributed by atoms with Crippen LogP contribution in [0, 0.1) is 6.92 Å². The quantitative estimate of drug-likeness (QED) is 0.250. The summed E-state index contributed by atoms with van der Waals surface area (Å²) >= 11 is 0. The molecule has 154 valence electrons. The number of carbonyl (C=O) groups is 1. The van der Waals surface area contributed by atoms with Crippen LogP contribution < -0.4 is 14.9 Å². The molecule has 31 heavy (non-hydrogen) atoms. The Hall–Kier alpha value is -4.12. The fourth-order valence-corrected chi connectivity index (χ4v) is 3.32. The number of hydrogen-bond donors (Lipinski definition) is 0. The molecule has 4 aromatic rings. The minimum atomic E-state index is -0.517. The van der Waals surface area contributed by atoms with Crippen LogP contribution in [0.4, 0.5) is 0 Å². The predicted octanol–water partition coefficient (Wildman–Crippen LogP) is 5.40. The molecule has 0 unspecified atom stereocenters. The molecule has 0 N–H and O–H groups in total. The van der Waals surface area contributed by atoms with Gasteiger partial charge in [0.05, 0.1) is 18.1 Å². The van der Waals surface area contributed by atoms with Crippen molar-refractivity contribution in [2.24, 2.45) is 0 Å². The first-order valence-corrected chi connectivity index (χ1v) is 9.72. The van der Waals surface area contributed by atoms with Crippen LogP contribution in [-0.4, -0.2) is 13.1 Å². The van der Waals surface area contributed by atoms with Crippen LogP contribution in [0.15, 0.2) is 88.1 Å². The first-order valence-electron chi connectivity index (χ1n) is 9.72. The van der Waals surface area contributed by atoms with Crippen LogP contribution in [0.3, 0.4) is 0 Å². The maximum absolute atomic E-state index is 13.1. The van der Waals surface area contributed by atoms with Crippen LogP contribution in [0.2, 0.25) is 0 Å². The number of methoxy groups -OCH3 is 1. The molecule has 0 saturated heterocycles. The molecule has 0 aliphatic rings. The second-order valence-electron chi connectivity index (χ2n) is 6.91. The van der Waals surface area contributed by atoms with E-state index in [0.717, 1.165) is 11.1 Å². The summed E-state index contributed by atoms with van der Waals surface area (Å²) in [4.78, 5) is 25.2. The number of hydrogen-bond acceptors (Lipinski definition) is 5. The van der Waals surface area contributed by atoms with Crippen molar-refractivity contribution in [3.05, 3.63) is 100 Å². The lowest BCUT2D eigenvalue weighted by Gasteiger charge is -2.09. The Bertz CT molecular complexity index is 1320. The van der Waals surface area contributed by atoms with Gasteiger partial charge < -0.3 is 13.9 Å². The number of benzene rings is 3. The van der Waals surface area contributed by atoms with Crippen LogP contribution in [0.5, 0.6) is 11.5 Å². The van der Waals surface area contributed by atoms with Gasteiger partial charge in [-0.15, -0.1) is 0 Å². The van der Waals surface area contributed by atoms with Gasteiger partial charge in [-0.1, -0.05) is 42.5 Å². The minimum absolute atomic E-state index is 0.147. The number of rotatable bonds is 5. The SMILES string of the molecule is COc1ccc(-c2c(C)oc3cc(OC(=O)C=Cc4ccccc4)ccc3c2=O)cc1. The minimum Gasteiger partial charge on any atom is -0.497 e. The van der Waals surface area contributed by atoms with Gasteiger partial charge in [-0.05, 0) is 48.4 Å². The number of aryl methyl sites for hydroxylation is 1. The molecular weight excluding hydrogens is 392 g/mol. The Balaban J connectivity index is 1.62. The van der Waals surface area contributed by atoms with E-state index in [1.807, 2.05) is 42.5 Å². The zero-order valence-corrected chi connectivity index (χ0v) is 17.1. The summed E-state index contributed by atoms with van der Waals surface area (Å²) < 4.78 is 16.4. The van der Waals surface area contributed by atoms with Crippen molar-refractivity contribution in [2.75, 3.05) is 7.11 Å². The lowest BCUT2D eigenvalue weighted by Crippen LogP contribution is -2.08. The topological polar surface area (TPSA) is 65.7 Å². The fraction of sp³-hybridized carbons (Fsp3) is 0.0769. The normalized spacial score (nSPS) is 11.0. The van der Waals surface area contributed by atoms with E-state index in [0.29, 0.717) is 33.8 Å². The standard InChI is InChI=1S/C26H20O5/c1-17-25(19-9-11-20(29-2)12-10-19)26(28)22-14-13-21(16-23(22)30-17)31-24(27)15-8-18-6-4-3-5-7-18/h3-16H,1-2H3. The maximum atomic E-state index is 13.1. The van der Waals surface area contributed by atoms with Crippen LogP contribution in [-0.2, 0) is 4.79 Å². The summed E-state index contributed by atoms with van der Waals surface area (Å²) in [6, 6.07) is 21.4. The molecule has 1 aromatic heterocycles. The molecule has 0 fully saturated rings. The molecule has 0 aliphatic heterocycles. The highest BCUT2D eigenvalue weighted by Crippen LogP contribution is 2.27. The lowest BCUT2D eigenvalue weighted by atomic mass is 10.0. The van der Waals surface area contributed by atoms with Gasteiger partial charge in [0.25, 0.3) is 0 Å². The van der Waals surface area contributed by atoms with Gasteiger partial charge in [-0.2, -0.15) is 0 Å². The second-order valence-corrected chi connectivity index (χ2v) is 6.91. The molecule has 0 atom stereocenters. The number of carbonyl (C=O) groups excluding carboxylic acids is 1. The van der Waals surface area contributed by atoms with Crippen molar-refractivity contribution in [2.45, 2.75) is 6.92 Å². The van der Waals surface area contributed by atoms with Gasteiger partial charge in [0.2, 0.25) is 5.43 Å². The highest BCUT2D eigenvalue weighted by atomic mass is 16.5. The van der Waals surface area contributed by atoms with E-state index < -0.39 is 5.97 Å². The van der Waals surface area contributed by atoms with Crippen molar-refractivity contribution in [1.82, 2.24) is 0 Å². The third kappa shape index (κ3) is 4.41. The maximum Gasteiger partial charge on any atom is 0.336 e. The van der Waals surface area contributed by atoms with E-state index in [-0.39, 0.29) is 5.43 Å². The number of fused-ring (bicyclic) bond motifs is 1. The highest BCUT2D eigenvalue weighted by molar-refractivity contribution is 5.90. The number of ether oxygens (including phenoxy) is 2. The Morgan fingerprint density at radius 3 is 2.35 bits per heavy atom. The predicted molar refractivity (Wildman–Crippen MR) is 120 cm³/mol. The van der Waals surface area contributed by atoms with E-state index >= 15 is 0 Å². The average molecular weight is 412 g/mol. The van der Waals surface area contributed by atoms with Crippen LogP contribution in [0.25, 0.3) is 28.2 Å². The molecular formula is C26H20O5. The lowest BCUT2D eigenvalue weighted by molar-refractivity contribution is -0.128. The molecule has 4 rings (SSSR count). The molecule has 3 aromatic carbocycles. The van der Waals surface area contributed by atoms with Crippen molar-refractivity contribution >= 4 is 23.0 Å². The van der Waals surface area contributed by atoms with Crippen LogP contribution in [0.1, 0.15) is 11.3 Å². The molecule has 0 amide bonds. The molecule has 0 spiro atoms. The van der Waals surface area contributed by atoms with Crippen molar-refractivity contribution in [1.29, 1.82) is 0 Å². The summed E-state index contributed by atoms with van der Waals surface area (Å²) in [6.07, 6.45) is 3.03. The largest absolute Gasteiger partial charge is 0.497 e. The molecule has 0 aliphatic carbocycles. The molecule has 5 nitrogen and oxygen atoms in total. The second kappa shape index (κ2) is 8.71. The fourth-order valence-electron chi connectivity index (χ4n) is 3.32. The van der Waals surface area contributed by atoms with Crippen molar-refractivity contribution in [3.8, 4) is 22.6 Å². The first kappa shape index (κ1) is 20.2. The Kier molecular flexibility index (Phi) is 5.67. The van der Waals surface area contributed by atoms with Gasteiger partial charge in [-0.3, -0.25) is 4.79 Å². The van der Waals surface area contributed by atoms with E-state index in [1.165, 1.54) is 6.08 Å². The summed E-state index contributed by atoms with van der Waals surface area (Å²) in [5.74, 6) is 0.974. The van der Waals surface area contributed by atoms with Gasteiger partial charge >= 0.3 is 5.97 Å².